The molecule has 1 aromatic heterocycles. The molecule has 0 atom stereocenters. The van der Waals surface area contributed by atoms with E-state index in [1.165, 1.54) is 0 Å². The predicted molar refractivity (Wildman–Crippen MR) is 91.5 cm³/mol. The first kappa shape index (κ1) is 15.9. The maximum absolute atomic E-state index is 6.29. The number of nitrogens with zero attached hydrogens (tertiary/aromatic N) is 2. The van der Waals surface area contributed by atoms with Crippen LogP contribution in [-0.2, 0) is 13.1 Å². The van der Waals surface area contributed by atoms with Crippen molar-refractivity contribution in [1.29, 1.82) is 0 Å². The topological polar surface area (TPSA) is 42.1 Å². The van der Waals surface area contributed by atoms with Crippen LogP contribution < -0.4 is 5.73 Å². The van der Waals surface area contributed by atoms with Crippen molar-refractivity contribution < 1.29 is 0 Å². The van der Waals surface area contributed by atoms with Gasteiger partial charge in [-0.3, -0.25) is 9.88 Å². The molecule has 5 heteroatoms. The molecule has 0 saturated carbocycles. The quantitative estimate of drug-likeness (QED) is 0.859. The van der Waals surface area contributed by atoms with Gasteiger partial charge < -0.3 is 5.73 Å². The fourth-order valence-electron chi connectivity index (χ4n) is 2.14. The second-order valence-electron chi connectivity index (χ2n) is 5.11. The molecule has 0 saturated heterocycles. The summed E-state index contributed by atoms with van der Waals surface area (Å²) in [4.78, 5) is 7.04. The highest BCUT2D eigenvalue weighted by Crippen LogP contribution is 2.20. The van der Waals surface area contributed by atoms with Gasteiger partial charge in [-0.25, -0.2) is 0 Å². The van der Waals surface area contributed by atoms with E-state index >= 15 is 0 Å². The Morgan fingerprint density at radius 2 is 2.05 bits per heavy atom. The van der Waals surface area contributed by atoms with E-state index < -0.39 is 0 Å². The number of nitrogens with two attached hydrogens (primary N) is 1. The number of halogens is 1. The molecule has 0 radical (unpaired) electrons. The number of hydrogen-bond donors (Lipinski definition) is 1. The van der Waals surface area contributed by atoms with E-state index in [1.807, 2.05) is 50.4 Å². The molecule has 0 amide bonds. The Bertz CT molecular complexity index is 658. The van der Waals surface area contributed by atoms with Gasteiger partial charge in [-0.05, 0) is 37.7 Å². The molecule has 21 heavy (non-hydrogen) atoms. The molecule has 0 aliphatic carbocycles. The minimum Gasteiger partial charge on any atom is -0.389 e. The summed E-state index contributed by atoms with van der Waals surface area (Å²) in [6, 6.07) is 11.7. The van der Waals surface area contributed by atoms with Crippen LogP contribution in [0.15, 0.2) is 36.4 Å². The molecule has 1 heterocycles. The zero-order valence-electron chi connectivity index (χ0n) is 12.1. The Kier molecular flexibility index (Phi) is 5.28. The molecule has 0 spiro atoms. The monoisotopic (exact) mass is 319 g/mol. The summed E-state index contributed by atoms with van der Waals surface area (Å²) in [6.07, 6.45) is 0. The smallest absolute Gasteiger partial charge is 0.104 e. The molecular formula is C16H18ClN3S. The summed E-state index contributed by atoms with van der Waals surface area (Å²) >= 11 is 11.2. The van der Waals surface area contributed by atoms with E-state index in [0.29, 0.717) is 10.0 Å². The summed E-state index contributed by atoms with van der Waals surface area (Å²) in [5, 5.41) is 0.685. The lowest BCUT2D eigenvalue weighted by Gasteiger charge is -2.17. The van der Waals surface area contributed by atoms with Crippen LogP contribution in [0.4, 0.5) is 0 Å². The molecule has 2 aromatic rings. The van der Waals surface area contributed by atoms with Crippen molar-refractivity contribution in [1.82, 2.24) is 9.88 Å². The first-order chi connectivity index (χ1) is 9.95. The number of benzene rings is 1. The SMILES string of the molecule is Cc1cccc(CN(C)Cc2ccc(C(N)=S)cc2Cl)n1. The average molecular weight is 320 g/mol. The Morgan fingerprint density at radius 3 is 2.67 bits per heavy atom. The zero-order valence-corrected chi connectivity index (χ0v) is 13.7. The number of aromatic nitrogens is 1. The van der Waals surface area contributed by atoms with Gasteiger partial charge in [0.15, 0.2) is 0 Å². The van der Waals surface area contributed by atoms with Gasteiger partial charge in [0.05, 0.1) is 5.69 Å². The van der Waals surface area contributed by atoms with Crippen molar-refractivity contribution in [2.75, 3.05) is 7.05 Å². The van der Waals surface area contributed by atoms with Crippen LogP contribution >= 0.6 is 23.8 Å². The molecule has 0 bridgehead atoms. The Hall–Kier alpha value is -1.49. The minimum atomic E-state index is 0.362. The Balaban J connectivity index is 2.06. The highest BCUT2D eigenvalue weighted by molar-refractivity contribution is 7.80. The fraction of sp³-hybridized carbons (Fsp3) is 0.250. The first-order valence-corrected chi connectivity index (χ1v) is 7.43. The number of rotatable bonds is 5. The minimum absolute atomic E-state index is 0.362. The van der Waals surface area contributed by atoms with E-state index in [2.05, 4.69) is 9.88 Å². The van der Waals surface area contributed by atoms with Crippen LogP contribution in [0.1, 0.15) is 22.5 Å². The summed E-state index contributed by atoms with van der Waals surface area (Å²) in [5.41, 5.74) is 9.52. The van der Waals surface area contributed by atoms with Crippen molar-refractivity contribution >= 4 is 28.8 Å². The molecule has 110 valence electrons. The highest BCUT2D eigenvalue weighted by Gasteiger charge is 2.08. The summed E-state index contributed by atoms with van der Waals surface area (Å²) < 4.78 is 0. The number of thiocarbonyl (C=S) groups is 1. The van der Waals surface area contributed by atoms with Crippen molar-refractivity contribution in [2.24, 2.45) is 5.73 Å². The average Bonchev–Trinajstić information content (AvgIpc) is 2.40. The van der Waals surface area contributed by atoms with E-state index in [-0.39, 0.29) is 0 Å². The van der Waals surface area contributed by atoms with Crippen LogP contribution in [0.25, 0.3) is 0 Å². The van der Waals surface area contributed by atoms with Gasteiger partial charge in [0.1, 0.15) is 4.99 Å². The van der Waals surface area contributed by atoms with E-state index in [9.17, 15) is 0 Å². The number of hydrogen-bond acceptors (Lipinski definition) is 3. The van der Waals surface area contributed by atoms with Gasteiger partial charge in [0, 0.05) is 29.4 Å². The largest absolute Gasteiger partial charge is 0.389 e. The molecule has 0 aliphatic rings. The van der Waals surface area contributed by atoms with Crippen LogP contribution in [0.3, 0.4) is 0 Å². The lowest BCUT2D eigenvalue weighted by molar-refractivity contribution is 0.315. The first-order valence-electron chi connectivity index (χ1n) is 6.65. The second-order valence-corrected chi connectivity index (χ2v) is 5.96. The van der Waals surface area contributed by atoms with E-state index in [0.717, 1.165) is 35.6 Å². The Labute approximate surface area is 135 Å². The lowest BCUT2D eigenvalue weighted by Crippen LogP contribution is -2.18. The van der Waals surface area contributed by atoms with E-state index in [4.69, 9.17) is 29.6 Å². The summed E-state index contributed by atoms with van der Waals surface area (Å²) in [7, 11) is 2.04. The lowest BCUT2D eigenvalue weighted by atomic mass is 10.1. The predicted octanol–water partition coefficient (Wildman–Crippen LogP) is 3.31. The summed E-state index contributed by atoms with van der Waals surface area (Å²) in [5.74, 6) is 0. The van der Waals surface area contributed by atoms with Gasteiger partial charge in [0.25, 0.3) is 0 Å². The highest BCUT2D eigenvalue weighted by atomic mass is 35.5. The zero-order chi connectivity index (χ0) is 15.4. The molecule has 0 unspecified atom stereocenters. The maximum atomic E-state index is 6.29. The third-order valence-corrected chi connectivity index (χ3v) is 3.74. The van der Waals surface area contributed by atoms with Crippen molar-refractivity contribution in [3.05, 3.63) is 63.9 Å². The van der Waals surface area contributed by atoms with Crippen LogP contribution in [0, 0.1) is 6.92 Å². The molecular weight excluding hydrogens is 302 g/mol. The second kappa shape index (κ2) is 6.98. The molecule has 0 fully saturated rings. The standard InChI is InChI=1S/C16H18ClN3S/c1-11-4-3-5-14(19-11)10-20(2)9-13-7-6-12(16(18)21)8-15(13)17/h3-8H,9-10H2,1-2H3,(H2,18,21). The number of pyridine rings is 1. The normalized spacial score (nSPS) is 10.9. The molecule has 1 aromatic carbocycles. The fourth-order valence-corrected chi connectivity index (χ4v) is 2.51. The van der Waals surface area contributed by atoms with Gasteiger partial charge in [-0.1, -0.05) is 42.0 Å². The van der Waals surface area contributed by atoms with Crippen molar-refractivity contribution in [3.63, 3.8) is 0 Å². The molecule has 3 nitrogen and oxygen atoms in total. The third kappa shape index (κ3) is 4.49. The van der Waals surface area contributed by atoms with Gasteiger partial charge in [-0.2, -0.15) is 0 Å². The summed E-state index contributed by atoms with van der Waals surface area (Å²) in [6.45, 7) is 3.51. The van der Waals surface area contributed by atoms with Gasteiger partial charge in [-0.15, -0.1) is 0 Å². The number of aryl methyl sites for hydroxylation is 1. The van der Waals surface area contributed by atoms with Crippen LogP contribution in [-0.4, -0.2) is 21.9 Å². The molecule has 0 aliphatic heterocycles. The Morgan fingerprint density at radius 1 is 1.29 bits per heavy atom. The van der Waals surface area contributed by atoms with Crippen LogP contribution in [0.2, 0.25) is 5.02 Å². The van der Waals surface area contributed by atoms with Crippen molar-refractivity contribution in [3.8, 4) is 0 Å². The van der Waals surface area contributed by atoms with E-state index in [1.54, 1.807) is 0 Å². The van der Waals surface area contributed by atoms with Gasteiger partial charge >= 0.3 is 0 Å². The molecule has 2 N–H and O–H groups in total. The van der Waals surface area contributed by atoms with Crippen LogP contribution in [0.5, 0.6) is 0 Å². The van der Waals surface area contributed by atoms with Gasteiger partial charge in [0.2, 0.25) is 0 Å². The van der Waals surface area contributed by atoms with Crippen molar-refractivity contribution in [2.45, 2.75) is 20.0 Å². The molecule has 2 rings (SSSR count). The third-order valence-electron chi connectivity index (χ3n) is 3.16. The maximum Gasteiger partial charge on any atom is 0.104 e.